The number of hydrogen-bond donors (Lipinski definition) is 1. The number of aromatic nitrogens is 2. The van der Waals surface area contributed by atoms with Crippen LogP contribution in [0.3, 0.4) is 0 Å². The number of piperazine rings is 1. The zero-order chi connectivity index (χ0) is 18.7. The Kier molecular flexibility index (Phi) is 5.06. The second kappa shape index (κ2) is 7.42. The Hall–Kier alpha value is -3.10. The summed E-state index contributed by atoms with van der Waals surface area (Å²) in [5.41, 5.74) is -0.528. The van der Waals surface area contributed by atoms with Crippen LogP contribution >= 0.6 is 0 Å². The third kappa shape index (κ3) is 3.76. The van der Waals surface area contributed by atoms with Crippen LogP contribution in [0.2, 0.25) is 0 Å². The Morgan fingerprint density at radius 1 is 1.08 bits per heavy atom. The van der Waals surface area contributed by atoms with Crippen molar-refractivity contribution in [2.75, 3.05) is 36.4 Å². The first-order valence-electron chi connectivity index (χ1n) is 8.03. The smallest absolute Gasteiger partial charge is 0.274 e. The fourth-order valence-corrected chi connectivity index (χ4v) is 2.69. The van der Waals surface area contributed by atoms with Crippen LogP contribution in [0.25, 0.3) is 0 Å². The maximum Gasteiger partial charge on any atom is 0.274 e. The molecule has 3 rings (SSSR count). The number of anilines is 2. The van der Waals surface area contributed by atoms with E-state index >= 15 is 0 Å². The van der Waals surface area contributed by atoms with Crippen molar-refractivity contribution in [3.05, 3.63) is 47.9 Å². The molecule has 2 heterocycles. The highest BCUT2D eigenvalue weighted by molar-refractivity contribution is 6.03. The zero-order valence-electron chi connectivity index (χ0n) is 14.1. The lowest BCUT2D eigenvalue weighted by molar-refractivity contribution is -0.129. The summed E-state index contributed by atoms with van der Waals surface area (Å²) in [4.78, 5) is 35.3. The first-order valence-corrected chi connectivity index (χ1v) is 8.03. The molecule has 2 amide bonds. The number of hydrogen-bond acceptors (Lipinski definition) is 5. The lowest BCUT2D eigenvalue weighted by Gasteiger charge is -2.34. The van der Waals surface area contributed by atoms with Gasteiger partial charge in [-0.3, -0.25) is 9.59 Å². The average Bonchev–Trinajstić information content (AvgIpc) is 2.65. The molecule has 1 N–H and O–H groups in total. The van der Waals surface area contributed by atoms with Crippen LogP contribution in [-0.4, -0.2) is 52.9 Å². The van der Waals surface area contributed by atoms with Crippen LogP contribution in [0.1, 0.15) is 17.4 Å². The monoisotopic (exact) mass is 361 g/mol. The topological polar surface area (TPSA) is 78.4 Å². The van der Waals surface area contributed by atoms with Gasteiger partial charge in [-0.05, 0) is 12.1 Å². The minimum atomic E-state index is -0.868. The highest BCUT2D eigenvalue weighted by atomic mass is 19.1. The second-order valence-corrected chi connectivity index (χ2v) is 5.81. The third-order valence-electron chi connectivity index (χ3n) is 4.14. The summed E-state index contributed by atoms with van der Waals surface area (Å²) in [6.45, 7) is 3.77. The predicted molar refractivity (Wildman–Crippen MR) is 90.8 cm³/mol. The van der Waals surface area contributed by atoms with Gasteiger partial charge in [0.1, 0.15) is 35.2 Å². The summed E-state index contributed by atoms with van der Waals surface area (Å²) in [6, 6.07) is 4.78. The molecular formula is C17H17F2N5O2. The summed E-state index contributed by atoms with van der Waals surface area (Å²) in [5.74, 6) is -1.94. The van der Waals surface area contributed by atoms with Gasteiger partial charge in [0.05, 0.1) is 0 Å². The Labute approximate surface area is 148 Å². The number of halogens is 2. The average molecular weight is 361 g/mol. The molecule has 1 saturated heterocycles. The standard InChI is InChI=1S/C17H17F2N5O2/c1-11(25)23-5-7-24(8-6-23)15-9-14(20-10-21-15)17(26)22-16-12(18)3-2-4-13(16)19/h2-4,9-10H,5-8H2,1H3,(H,22,26). The molecular weight excluding hydrogens is 344 g/mol. The van der Waals surface area contributed by atoms with Crippen molar-refractivity contribution in [1.82, 2.24) is 14.9 Å². The van der Waals surface area contributed by atoms with E-state index in [1.807, 2.05) is 4.90 Å². The maximum atomic E-state index is 13.7. The minimum Gasteiger partial charge on any atom is -0.353 e. The summed E-state index contributed by atoms with van der Waals surface area (Å²) in [6.07, 6.45) is 1.22. The number of rotatable bonds is 3. The van der Waals surface area contributed by atoms with Crippen LogP contribution in [0.15, 0.2) is 30.6 Å². The van der Waals surface area contributed by atoms with Crippen molar-refractivity contribution < 1.29 is 18.4 Å². The summed E-state index contributed by atoms with van der Waals surface area (Å²) >= 11 is 0. The van der Waals surface area contributed by atoms with Gasteiger partial charge in [0, 0.05) is 39.2 Å². The molecule has 1 aromatic carbocycles. The molecule has 0 radical (unpaired) electrons. The number of nitrogens with zero attached hydrogens (tertiary/aromatic N) is 4. The molecule has 0 spiro atoms. The van der Waals surface area contributed by atoms with E-state index in [0.717, 1.165) is 12.1 Å². The number of para-hydroxylation sites is 1. The van der Waals surface area contributed by atoms with Gasteiger partial charge >= 0.3 is 0 Å². The molecule has 1 aromatic heterocycles. The fraction of sp³-hybridized carbons (Fsp3) is 0.294. The van der Waals surface area contributed by atoms with E-state index in [4.69, 9.17) is 0 Å². The molecule has 9 heteroatoms. The minimum absolute atomic E-state index is 0.00773. The summed E-state index contributed by atoms with van der Waals surface area (Å²) < 4.78 is 27.3. The van der Waals surface area contributed by atoms with Crippen LogP contribution in [-0.2, 0) is 4.79 Å². The van der Waals surface area contributed by atoms with Crippen LogP contribution in [0, 0.1) is 11.6 Å². The number of carbonyl (C=O) groups excluding carboxylic acids is 2. The van der Waals surface area contributed by atoms with E-state index in [1.54, 1.807) is 4.90 Å². The first kappa shape index (κ1) is 17.7. The SMILES string of the molecule is CC(=O)N1CCN(c2cc(C(=O)Nc3c(F)cccc3F)ncn2)CC1. The van der Waals surface area contributed by atoms with Gasteiger partial charge in [-0.1, -0.05) is 6.07 Å². The molecule has 2 aromatic rings. The van der Waals surface area contributed by atoms with Crippen molar-refractivity contribution in [2.24, 2.45) is 0 Å². The third-order valence-corrected chi connectivity index (χ3v) is 4.14. The van der Waals surface area contributed by atoms with Crippen molar-refractivity contribution >= 4 is 23.3 Å². The van der Waals surface area contributed by atoms with Crippen molar-refractivity contribution in [1.29, 1.82) is 0 Å². The molecule has 0 aliphatic carbocycles. The molecule has 0 atom stereocenters. The predicted octanol–water partition coefficient (Wildman–Crippen LogP) is 1.68. The molecule has 7 nitrogen and oxygen atoms in total. The van der Waals surface area contributed by atoms with E-state index in [9.17, 15) is 18.4 Å². The zero-order valence-corrected chi connectivity index (χ0v) is 14.1. The molecule has 26 heavy (non-hydrogen) atoms. The highest BCUT2D eigenvalue weighted by Crippen LogP contribution is 2.20. The number of nitrogens with one attached hydrogen (secondary N) is 1. The van der Waals surface area contributed by atoms with Crippen LogP contribution < -0.4 is 10.2 Å². The van der Waals surface area contributed by atoms with Gasteiger partial charge in [0.2, 0.25) is 5.91 Å². The highest BCUT2D eigenvalue weighted by Gasteiger charge is 2.21. The molecule has 1 fully saturated rings. The Bertz CT molecular complexity index is 817. The van der Waals surface area contributed by atoms with Gasteiger partial charge in [-0.2, -0.15) is 0 Å². The Balaban J connectivity index is 1.73. The second-order valence-electron chi connectivity index (χ2n) is 5.81. The number of carbonyl (C=O) groups is 2. The summed E-state index contributed by atoms with van der Waals surface area (Å²) in [7, 11) is 0. The van der Waals surface area contributed by atoms with E-state index < -0.39 is 23.2 Å². The van der Waals surface area contributed by atoms with E-state index in [0.29, 0.717) is 32.0 Å². The van der Waals surface area contributed by atoms with Crippen molar-refractivity contribution in [2.45, 2.75) is 6.92 Å². The van der Waals surface area contributed by atoms with E-state index in [-0.39, 0.29) is 11.6 Å². The quantitative estimate of drug-likeness (QED) is 0.900. The van der Waals surface area contributed by atoms with Crippen molar-refractivity contribution in [3.8, 4) is 0 Å². The van der Waals surface area contributed by atoms with Crippen LogP contribution in [0.5, 0.6) is 0 Å². The van der Waals surface area contributed by atoms with Gasteiger partial charge < -0.3 is 15.1 Å². The summed E-state index contributed by atoms with van der Waals surface area (Å²) in [5, 5.41) is 2.20. The lowest BCUT2D eigenvalue weighted by atomic mass is 10.2. The molecule has 1 aliphatic rings. The number of benzene rings is 1. The Morgan fingerprint density at radius 3 is 2.35 bits per heavy atom. The van der Waals surface area contributed by atoms with E-state index in [1.165, 1.54) is 25.4 Å². The Morgan fingerprint density at radius 2 is 1.73 bits per heavy atom. The van der Waals surface area contributed by atoms with Crippen LogP contribution in [0.4, 0.5) is 20.3 Å². The number of amides is 2. The molecule has 0 bridgehead atoms. The first-order chi connectivity index (χ1) is 12.5. The van der Waals surface area contributed by atoms with Crippen molar-refractivity contribution in [3.63, 3.8) is 0 Å². The normalized spacial score (nSPS) is 14.3. The molecule has 1 aliphatic heterocycles. The maximum absolute atomic E-state index is 13.7. The fourth-order valence-electron chi connectivity index (χ4n) is 2.69. The van der Waals surface area contributed by atoms with Gasteiger partial charge in [0.25, 0.3) is 5.91 Å². The van der Waals surface area contributed by atoms with Gasteiger partial charge in [0.15, 0.2) is 0 Å². The molecule has 136 valence electrons. The molecule has 0 unspecified atom stereocenters. The van der Waals surface area contributed by atoms with Gasteiger partial charge in [-0.15, -0.1) is 0 Å². The van der Waals surface area contributed by atoms with Gasteiger partial charge in [-0.25, -0.2) is 18.7 Å². The molecule has 0 saturated carbocycles. The van der Waals surface area contributed by atoms with E-state index in [2.05, 4.69) is 15.3 Å². The lowest BCUT2D eigenvalue weighted by Crippen LogP contribution is -2.48. The largest absolute Gasteiger partial charge is 0.353 e.